The van der Waals surface area contributed by atoms with Crippen molar-refractivity contribution in [3.8, 4) is 0 Å². The third-order valence-corrected chi connectivity index (χ3v) is 3.54. The molecule has 2 aromatic rings. The molecule has 0 bridgehead atoms. The number of hydrogen-bond donors (Lipinski definition) is 1. The standard InChI is InChI=1S/C17H17NO2/c1-12(13-8-4-2-5-9-13)18-17(19)16-15(20-16)14-10-6-3-7-11-14/h2-12,15-16H,1H3,(H,18,19)/t12-,15-,16-/m0/s1. The number of epoxide rings is 1. The zero-order valence-corrected chi connectivity index (χ0v) is 11.3. The van der Waals surface area contributed by atoms with Gasteiger partial charge in [0.15, 0.2) is 6.10 Å². The van der Waals surface area contributed by atoms with Gasteiger partial charge in [-0.2, -0.15) is 0 Å². The Morgan fingerprint density at radius 1 is 1.05 bits per heavy atom. The van der Waals surface area contributed by atoms with Crippen molar-refractivity contribution in [1.29, 1.82) is 0 Å². The lowest BCUT2D eigenvalue weighted by atomic mass is 10.1. The molecule has 102 valence electrons. The lowest BCUT2D eigenvalue weighted by Crippen LogP contribution is -2.30. The molecule has 2 aromatic carbocycles. The van der Waals surface area contributed by atoms with Crippen molar-refractivity contribution in [2.75, 3.05) is 0 Å². The average molecular weight is 267 g/mol. The van der Waals surface area contributed by atoms with Crippen LogP contribution in [0.2, 0.25) is 0 Å². The first-order valence-corrected chi connectivity index (χ1v) is 6.81. The molecule has 1 aliphatic rings. The van der Waals surface area contributed by atoms with Crippen LogP contribution in [-0.4, -0.2) is 12.0 Å². The van der Waals surface area contributed by atoms with E-state index in [4.69, 9.17) is 4.74 Å². The lowest BCUT2D eigenvalue weighted by molar-refractivity contribution is -0.122. The van der Waals surface area contributed by atoms with E-state index in [1.54, 1.807) is 0 Å². The van der Waals surface area contributed by atoms with Crippen molar-refractivity contribution in [2.24, 2.45) is 0 Å². The van der Waals surface area contributed by atoms with Crippen molar-refractivity contribution >= 4 is 5.91 Å². The fourth-order valence-corrected chi connectivity index (χ4v) is 2.33. The zero-order valence-electron chi connectivity index (χ0n) is 11.3. The summed E-state index contributed by atoms with van der Waals surface area (Å²) in [5.41, 5.74) is 2.15. The maximum absolute atomic E-state index is 12.1. The molecule has 3 nitrogen and oxygen atoms in total. The fourth-order valence-electron chi connectivity index (χ4n) is 2.33. The Bertz CT molecular complexity index is 582. The van der Waals surface area contributed by atoms with Gasteiger partial charge < -0.3 is 10.1 Å². The molecule has 1 aliphatic heterocycles. The highest BCUT2D eigenvalue weighted by Crippen LogP contribution is 2.38. The zero-order chi connectivity index (χ0) is 13.9. The maximum Gasteiger partial charge on any atom is 0.252 e. The van der Waals surface area contributed by atoms with E-state index < -0.39 is 0 Å². The van der Waals surface area contributed by atoms with Gasteiger partial charge in [-0.15, -0.1) is 0 Å². The first-order valence-electron chi connectivity index (χ1n) is 6.81. The minimum Gasteiger partial charge on any atom is -0.354 e. The predicted octanol–water partition coefficient (Wildman–Crippen LogP) is 3.00. The molecular formula is C17H17NO2. The highest BCUT2D eigenvalue weighted by Gasteiger charge is 2.46. The van der Waals surface area contributed by atoms with Crippen molar-refractivity contribution in [2.45, 2.75) is 25.2 Å². The predicted molar refractivity (Wildman–Crippen MR) is 77.1 cm³/mol. The van der Waals surface area contributed by atoms with Gasteiger partial charge in [0.05, 0.1) is 6.04 Å². The quantitative estimate of drug-likeness (QED) is 0.865. The largest absolute Gasteiger partial charge is 0.354 e. The highest BCUT2D eigenvalue weighted by molar-refractivity contribution is 5.84. The first-order chi connectivity index (χ1) is 9.75. The van der Waals surface area contributed by atoms with E-state index in [0.29, 0.717) is 0 Å². The minimum atomic E-state index is -0.358. The van der Waals surface area contributed by atoms with Crippen molar-refractivity contribution in [3.05, 3.63) is 71.8 Å². The number of rotatable bonds is 4. The SMILES string of the molecule is C[C@H](NC(=O)[C@H]1O[C@H]1c1ccccc1)c1ccccc1. The van der Waals surface area contributed by atoms with Gasteiger partial charge in [-0.25, -0.2) is 0 Å². The molecule has 3 heteroatoms. The summed E-state index contributed by atoms with van der Waals surface area (Å²) < 4.78 is 5.49. The van der Waals surface area contributed by atoms with Crippen LogP contribution in [0.4, 0.5) is 0 Å². The van der Waals surface area contributed by atoms with Crippen LogP contribution in [0.3, 0.4) is 0 Å². The Kier molecular flexibility index (Phi) is 3.52. The Balaban J connectivity index is 1.59. The number of benzene rings is 2. The van der Waals surface area contributed by atoms with E-state index in [-0.39, 0.29) is 24.2 Å². The Labute approximate surface area is 118 Å². The van der Waals surface area contributed by atoms with E-state index in [0.717, 1.165) is 11.1 Å². The van der Waals surface area contributed by atoms with Crippen LogP contribution in [0.25, 0.3) is 0 Å². The first kappa shape index (κ1) is 12.9. The van der Waals surface area contributed by atoms with Gasteiger partial charge in [0, 0.05) is 0 Å². The molecule has 3 rings (SSSR count). The molecule has 1 heterocycles. The van der Waals surface area contributed by atoms with Crippen LogP contribution in [0.15, 0.2) is 60.7 Å². The Morgan fingerprint density at radius 3 is 2.30 bits per heavy atom. The molecule has 0 spiro atoms. The summed E-state index contributed by atoms with van der Waals surface area (Å²) in [4.78, 5) is 12.1. The molecule has 20 heavy (non-hydrogen) atoms. The second-order valence-electron chi connectivity index (χ2n) is 5.03. The summed E-state index contributed by atoms with van der Waals surface area (Å²) in [7, 11) is 0. The molecule has 0 aromatic heterocycles. The van der Waals surface area contributed by atoms with Crippen LogP contribution in [0.1, 0.15) is 30.2 Å². The van der Waals surface area contributed by atoms with Gasteiger partial charge in [0.2, 0.25) is 0 Å². The molecule has 3 atom stereocenters. The van der Waals surface area contributed by atoms with E-state index in [9.17, 15) is 4.79 Å². The number of carbonyl (C=O) groups is 1. The van der Waals surface area contributed by atoms with E-state index in [2.05, 4.69) is 5.32 Å². The van der Waals surface area contributed by atoms with E-state index in [1.807, 2.05) is 67.6 Å². The number of hydrogen-bond acceptors (Lipinski definition) is 2. The third kappa shape index (κ3) is 2.73. The molecule has 0 radical (unpaired) electrons. The van der Waals surface area contributed by atoms with Crippen molar-refractivity contribution in [3.63, 3.8) is 0 Å². The highest BCUT2D eigenvalue weighted by atomic mass is 16.6. The number of ether oxygens (including phenoxy) is 1. The topological polar surface area (TPSA) is 41.6 Å². The minimum absolute atomic E-state index is 0.00989. The molecule has 1 N–H and O–H groups in total. The summed E-state index contributed by atoms with van der Waals surface area (Å²) in [5.74, 6) is -0.0461. The van der Waals surface area contributed by atoms with Crippen LogP contribution in [0, 0.1) is 0 Å². The molecule has 1 saturated heterocycles. The van der Waals surface area contributed by atoms with Crippen LogP contribution in [-0.2, 0) is 9.53 Å². The molecular weight excluding hydrogens is 250 g/mol. The molecule has 1 amide bonds. The molecule has 0 aliphatic carbocycles. The summed E-state index contributed by atoms with van der Waals surface area (Å²) in [6, 6.07) is 19.8. The Hall–Kier alpha value is -2.13. The second kappa shape index (κ2) is 5.47. The van der Waals surface area contributed by atoms with Gasteiger partial charge in [-0.05, 0) is 18.1 Å². The summed E-state index contributed by atoms with van der Waals surface area (Å²) in [6.45, 7) is 1.98. The Morgan fingerprint density at radius 2 is 1.65 bits per heavy atom. The smallest absolute Gasteiger partial charge is 0.252 e. The summed E-state index contributed by atoms with van der Waals surface area (Å²) in [6.07, 6.45) is -0.456. The fraction of sp³-hybridized carbons (Fsp3) is 0.235. The normalized spacial score (nSPS) is 22.1. The van der Waals surface area contributed by atoms with Crippen LogP contribution < -0.4 is 5.32 Å². The summed E-state index contributed by atoms with van der Waals surface area (Å²) in [5, 5.41) is 2.99. The number of amides is 1. The van der Waals surface area contributed by atoms with Gasteiger partial charge in [-0.1, -0.05) is 60.7 Å². The second-order valence-corrected chi connectivity index (χ2v) is 5.03. The molecule has 0 saturated carbocycles. The van der Waals surface area contributed by atoms with Crippen LogP contribution >= 0.6 is 0 Å². The third-order valence-electron chi connectivity index (χ3n) is 3.54. The van der Waals surface area contributed by atoms with E-state index in [1.165, 1.54) is 0 Å². The van der Waals surface area contributed by atoms with Gasteiger partial charge in [0.1, 0.15) is 6.10 Å². The monoisotopic (exact) mass is 267 g/mol. The van der Waals surface area contributed by atoms with E-state index >= 15 is 0 Å². The van der Waals surface area contributed by atoms with Gasteiger partial charge >= 0.3 is 0 Å². The van der Waals surface area contributed by atoms with Crippen molar-refractivity contribution < 1.29 is 9.53 Å². The average Bonchev–Trinajstić information content (AvgIpc) is 3.29. The van der Waals surface area contributed by atoms with Crippen LogP contribution in [0.5, 0.6) is 0 Å². The van der Waals surface area contributed by atoms with Gasteiger partial charge in [0.25, 0.3) is 5.91 Å². The maximum atomic E-state index is 12.1. The molecule has 1 fully saturated rings. The van der Waals surface area contributed by atoms with Crippen molar-refractivity contribution in [1.82, 2.24) is 5.32 Å². The summed E-state index contributed by atoms with van der Waals surface area (Å²) >= 11 is 0. The lowest BCUT2D eigenvalue weighted by Gasteiger charge is -2.13. The van der Waals surface area contributed by atoms with Gasteiger partial charge in [-0.3, -0.25) is 4.79 Å². The number of carbonyl (C=O) groups excluding carboxylic acids is 1. The number of nitrogens with one attached hydrogen (secondary N) is 1. The molecule has 0 unspecified atom stereocenters.